The van der Waals surface area contributed by atoms with Gasteiger partial charge in [0.1, 0.15) is 18.2 Å². The highest BCUT2D eigenvalue weighted by molar-refractivity contribution is 4.98. The number of azide groups is 1. The highest BCUT2D eigenvalue weighted by Gasteiger charge is 2.50. The summed E-state index contributed by atoms with van der Waals surface area (Å²) in [7, 11) is 0. The van der Waals surface area contributed by atoms with Crippen LogP contribution in [0.2, 0.25) is 0 Å². The van der Waals surface area contributed by atoms with Crippen LogP contribution in [0.25, 0.3) is 10.4 Å². The minimum absolute atomic E-state index is 0.301. The van der Waals surface area contributed by atoms with Gasteiger partial charge in [-0.2, -0.15) is 0 Å². The quantitative estimate of drug-likeness (QED) is 0.324. The average Bonchev–Trinajstić information content (AvgIpc) is 2.70. The smallest absolute Gasteiger partial charge is 0.169 e. The lowest BCUT2D eigenvalue weighted by molar-refractivity contribution is -0.189. The number of aliphatic hydroxyl groups is 1. The number of nitrogens with zero attached hydrogens (tertiary/aromatic N) is 3. The Bertz CT molecular complexity index is 318. The zero-order chi connectivity index (χ0) is 11.5. The van der Waals surface area contributed by atoms with Gasteiger partial charge in [-0.05, 0) is 5.53 Å². The highest BCUT2D eigenvalue weighted by Crippen LogP contribution is 2.31. The minimum Gasteiger partial charge on any atom is -0.390 e. The second-order valence-corrected chi connectivity index (χ2v) is 3.65. The molecule has 0 aliphatic carbocycles. The van der Waals surface area contributed by atoms with Crippen LogP contribution in [0, 0.1) is 0 Å². The molecule has 2 fully saturated rings. The fourth-order valence-corrected chi connectivity index (χ4v) is 1.93. The molecule has 0 unspecified atom stereocenters. The van der Waals surface area contributed by atoms with Crippen molar-refractivity contribution in [3.8, 4) is 0 Å². The molecule has 16 heavy (non-hydrogen) atoms. The summed E-state index contributed by atoms with van der Waals surface area (Å²) in [6.07, 6.45) is -0.865. The first kappa shape index (κ1) is 11.4. The largest absolute Gasteiger partial charge is 0.390 e. The second kappa shape index (κ2) is 4.82. The van der Waals surface area contributed by atoms with Crippen LogP contribution < -0.4 is 0 Å². The van der Waals surface area contributed by atoms with Gasteiger partial charge < -0.3 is 19.3 Å². The lowest BCUT2D eigenvalue weighted by atomic mass is 9.99. The molecule has 0 radical (unpaired) electrons. The number of rotatable bonds is 4. The molecule has 5 atom stereocenters. The maximum absolute atomic E-state index is 9.98. The third kappa shape index (κ3) is 1.91. The first-order chi connectivity index (χ1) is 7.77. The lowest BCUT2D eigenvalue weighted by Gasteiger charge is -2.35. The summed E-state index contributed by atoms with van der Waals surface area (Å²) in [6.45, 7) is 4.16. The summed E-state index contributed by atoms with van der Waals surface area (Å²) < 4.78 is 16.1. The molecule has 7 heteroatoms. The molecule has 0 aromatic carbocycles. The van der Waals surface area contributed by atoms with E-state index < -0.39 is 24.5 Å². The van der Waals surface area contributed by atoms with E-state index in [0.717, 1.165) is 0 Å². The first-order valence-corrected chi connectivity index (χ1v) is 4.99. The summed E-state index contributed by atoms with van der Waals surface area (Å²) >= 11 is 0. The van der Waals surface area contributed by atoms with E-state index in [-0.39, 0.29) is 6.10 Å². The van der Waals surface area contributed by atoms with E-state index in [4.69, 9.17) is 19.7 Å². The first-order valence-electron chi connectivity index (χ1n) is 4.99. The maximum Gasteiger partial charge on any atom is 0.169 e. The molecule has 7 nitrogen and oxygen atoms in total. The molecule has 2 saturated heterocycles. The Balaban J connectivity index is 2.12. The Morgan fingerprint density at radius 3 is 3.19 bits per heavy atom. The maximum atomic E-state index is 9.98. The number of fused-ring (bicyclic) bond motifs is 2. The van der Waals surface area contributed by atoms with Crippen molar-refractivity contribution in [2.24, 2.45) is 5.11 Å². The van der Waals surface area contributed by atoms with Crippen molar-refractivity contribution in [1.29, 1.82) is 0 Å². The van der Waals surface area contributed by atoms with Crippen molar-refractivity contribution in [3.63, 3.8) is 0 Å². The predicted molar refractivity (Wildman–Crippen MR) is 53.5 cm³/mol. The van der Waals surface area contributed by atoms with Gasteiger partial charge in [-0.15, -0.1) is 6.58 Å². The molecule has 88 valence electrons. The molecule has 2 bridgehead atoms. The second-order valence-electron chi connectivity index (χ2n) is 3.65. The summed E-state index contributed by atoms with van der Waals surface area (Å²) in [5.74, 6) is 0. The van der Waals surface area contributed by atoms with Crippen LogP contribution >= 0.6 is 0 Å². The standard InChI is InChI=1S/C9H13N3O4/c1-2-3-14-8-5-4-15-9(16-5)6(7(8)13)11-12-10/h2,5-9,13H,1,3-4H2/t5-,6-,7-,8-,9-/m1/s1. The Morgan fingerprint density at radius 1 is 1.69 bits per heavy atom. The van der Waals surface area contributed by atoms with E-state index in [0.29, 0.717) is 13.2 Å². The lowest BCUT2D eigenvalue weighted by Crippen LogP contribution is -2.54. The van der Waals surface area contributed by atoms with Gasteiger partial charge >= 0.3 is 0 Å². The van der Waals surface area contributed by atoms with E-state index in [1.54, 1.807) is 6.08 Å². The van der Waals surface area contributed by atoms with Crippen LogP contribution in [-0.4, -0.2) is 49.0 Å². The van der Waals surface area contributed by atoms with Gasteiger partial charge in [0.25, 0.3) is 0 Å². The molecule has 0 saturated carbocycles. The van der Waals surface area contributed by atoms with E-state index in [1.165, 1.54) is 0 Å². The molecule has 2 heterocycles. The summed E-state index contributed by atoms with van der Waals surface area (Å²) in [5.41, 5.74) is 8.40. The summed E-state index contributed by atoms with van der Waals surface area (Å²) in [5, 5.41) is 13.5. The van der Waals surface area contributed by atoms with Crippen LogP contribution in [0.4, 0.5) is 0 Å². The van der Waals surface area contributed by atoms with Crippen molar-refractivity contribution in [3.05, 3.63) is 23.1 Å². The van der Waals surface area contributed by atoms with E-state index in [9.17, 15) is 5.11 Å². The Hall–Kier alpha value is -1.11. The number of hydrogen-bond donors (Lipinski definition) is 1. The zero-order valence-corrected chi connectivity index (χ0v) is 8.60. The van der Waals surface area contributed by atoms with Crippen molar-refractivity contribution >= 4 is 0 Å². The van der Waals surface area contributed by atoms with E-state index in [1.807, 2.05) is 0 Å². The van der Waals surface area contributed by atoms with Gasteiger partial charge in [-0.25, -0.2) is 0 Å². The number of ether oxygens (including phenoxy) is 3. The molecule has 0 aromatic heterocycles. The normalized spacial score (nSPS) is 41.4. The fourth-order valence-electron chi connectivity index (χ4n) is 1.93. The topological polar surface area (TPSA) is 96.7 Å². The van der Waals surface area contributed by atoms with Crippen molar-refractivity contribution in [2.75, 3.05) is 13.2 Å². The van der Waals surface area contributed by atoms with E-state index in [2.05, 4.69) is 16.6 Å². The summed E-state index contributed by atoms with van der Waals surface area (Å²) in [4.78, 5) is 2.67. The molecule has 2 rings (SSSR count). The van der Waals surface area contributed by atoms with Crippen molar-refractivity contribution < 1.29 is 19.3 Å². The Morgan fingerprint density at radius 2 is 2.50 bits per heavy atom. The summed E-state index contributed by atoms with van der Waals surface area (Å²) in [6, 6.07) is -0.765. The third-order valence-electron chi connectivity index (χ3n) is 2.66. The molecular formula is C9H13N3O4. The zero-order valence-electron chi connectivity index (χ0n) is 8.60. The van der Waals surface area contributed by atoms with Gasteiger partial charge in [-0.1, -0.05) is 11.2 Å². The SMILES string of the molecule is C=CCO[C@H]1[C@H](O)[C@@H](N=[N+]=[N-])[C@@H]2OC[C@H]1O2. The minimum atomic E-state index is -0.915. The Labute approximate surface area is 92.2 Å². The van der Waals surface area contributed by atoms with Gasteiger partial charge in [0.05, 0.1) is 19.3 Å². The van der Waals surface area contributed by atoms with Crippen LogP contribution in [-0.2, 0) is 14.2 Å². The average molecular weight is 227 g/mol. The Kier molecular flexibility index (Phi) is 3.42. The molecule has 1 N–H and O–H groups in total. The number of aliphatic hydroxyl groups excluding tert-OH is 1. The van der Waals surface area contributed by atoms with Crippen molar-refractivity contribution in [2.45, 2.75) is 30.6 Å². The van der Waals surface area contributed by atoms with Crippen LogP contribution in [0.3, 0.4) is 0 Å². The van der Waals surface area contributed by atoms with Crippen LogP contribution in [0.1, 0.15) is 0 Å². The molecular weight excluding hydrogens is 214 g/mol. The number of hydrogen-bond acceptors (Lipinski definition) is 5. The molecule has 0 aromatic rings. The van der Waals surface area contributed by atoms with Gasteiger partial charge in [0.15, 0.2) is 6.29 Å². The van der Waals surface area contributed by atoms with Crippen LogP contribution in [0.5, 0.6) is 0 Å². The van der Waals surface area contributed by atoms with Crippen LogP contribution in [0.15, 0.2) is 17.8 Å². The van der Waals surface area contributed by atoms with Gasteiger partial charge in [-0.3, -0.25) is 0 Å². The third-order valence-corrected chi connectivity index (χ3v) is 2.66. The van der Waals surface area contributed by atoms with Gasteiger partial charge in [0.2, 0.25) is 0 Å². The monoisotopic (exact) mass is 227 g/mol. The van der Waals surface area contributed by atoms with Gasteiger partial charge in [0, 0.05) is 4.91 Å². The highest BCUT2D eigenvalue weighted by atomic mass is 16.7. The molecule has 0 amide bonds. The predicted octanol–water partition coefficient (Wildman–Crippen LogP) is 0.352. The van der Waals surface area contributed by atoms with E-state index >= 15 is 0 Å². The fraction of sp³-hybridized carbons (Fsp3) is 0.778. The molecule has 2 aliphatic heterocycles. The molecule has 2 aliphatic rings. The molecule has 0 spiro atoms. The van der Waals surface area contributed by atoms with Crippen molar-refractivity contribution in [1.82, 2.24) is 0 Å².